The van der Waals surface area contributed by atoms with Crippen molar-refractivity contribution in [2.24, 2.45) is 0 Å². The Bertz CT molecular complexity index is 1020. The van der Waals surface area contributed by atoms with Gasteiger partial charge in [-0.25, -0.2) is 4.98 Å². The molecular formula is C23H20BrCl2N3O. The zero-order chi connectivity index (χ0) is 21.1. The third-order valence-corrected chi connectivity index (χ3v) is 6.34. The molecule has 1 amide bonds. The first-order chi connectivity index (χ1) is 14.5. The maximum absolute atomic E-state index is 12.9. The van der Waals surface area contributed by atoms with Crippen LogP contribution in [0.15, 0.2) is 71.3 Å². The summed E-state index contributed by atoms with van der Waals surface area (Å²) in [6.45, 7) is 2.74. The van der Waals surface area contributed by atoms with Crippen LogP contribution < -0.4 is 0 Å². The van der Waals surface area contributed by atoms with Crippen LogP contribution >= 0.6 is 39.1 Å². The molecule has 30 heavy (non-hydrogen) atoms. The molecule has 1 atom stereocenters. The van der Waals surface area contributed by atoms with E-state index in [4.69, 9.17) is 23.2 Å². The van der Waals surface area contributed by atoms with Crippen molar-refractivity contribution in [2.45, 2.75) is 6.04 Å². The number of aromatic nitrogens is 1. The number of amides is 1. The molecule has 154 valence electrons. The molecular weight excluding hydrogens is 485 g/mol. The van der Waals surface area contributed by atoms with E-state index >= 15 is 0 Å². The smallest absolute Gasteiger partial charge is 0.257 e. The van der Waals surface area contributed by atoms with Crippen molar-refractivity contribution >= 4 is 45.0 Å². The van der Waals surface area contributed by atoms with E-state index in [1.165, 1.54) is 17.3 Å². The number of pyridine rings is 1. The predicted molar refractivity (Wildman–Crippen MR) is 124 cm³/mol. The van der Waals surface area contributed by atoms with Crippen LogP contribution in [0.4, 0.5) is 0 Å². The van der Waals surface area contributed by atoms with Crippen LogP contribution in [0.1, 0.15) is 27.5 Å². The molecule has 3 aromatic rings. The fraction of sp³-hybridized carbons (Fsp3) is 0.217. The average molecular weight is 505 g/mol. The fourth-order valence-electron chi connectivity index (χ4n) is 3.82. The van der Waals surface area contributed by atoms with Gasteiger partial charge in [-0.2, -0.15) is 0 Å². The first-order valence-corrected chi connectivity index (χ1v) is 11.2. The minimum atomic E-state index is -0.130. The van der Waals surface area contributed by atoms with Gasteiger partial charge in [0.25, 0.3) is 5.91 Å². The van der Waals surface area contributed by atoms with Gasteiger partial charge in [-0.05, 0) is 29.3 Å². The highest BCUT2D eigenvalue weighted by Crippen LogP contribution is 2.31. The first kappa shape index (κ1) is 21.3. The Hall–Kier alpha value is -1.92. The largest absolute Gasteiger partial charge is 0.336 e. The molecule has 1 aromatic heterocycles. The highest BCUT2D eigenvalue weighted by molar-refractivity contribution is 9.10. The van der Waals surface area contributed by atoms with Gasteiger partial charge in [0.05, 0.1) is 16.6 Å². The summed E-state index contributed by atoms with van der Waals surface area (Å²) < 4.78 is 1.06. The van der Waals surface area contributed by atoms with E-state index in [0.717, 1.165) is 17.6 Å². The molecule has 7 heteroatoms. The van der Waals surface area contributed by atoms with Crippen LogP contribution in [0, 0.1) is 0 Å². The standard InChI is InChI=1S/C23H20BrCl2N3O/c24-18-8-6-17(7-9-18)21(16-4-2-1-3-5-16)28-10-12-29(13-11-28)23(30)20-14-19(25)15-27-22(20)26/h1-9,14-15,21H,10-13H2/t21-/m1/s1. The van der Waals surface area contributed by atoms with Gasteiger partial charge in [-0.3, -0.25) is 9.69 Å². The number of hydrogen-bond donors (Lipinski definition) is 0. The van der Waals surface area contributed by atoms with E-state index in [2.05, 4.69) is 74.3 Å². The normalized spacial score (nSPS) is 15.8. The first-order valence-electron chi connectivity index (χ1n) is 9.68. The third-order valence-electron chi connectivity index (χ3n) is 5.30. The van der Waals surface area contributed by atoms with Crippen LogP contribution in [-0.2, 0) is 0 Å². The Labute approximate surface area is 194 Å². The van der Waals surface area contributed by atoms with Crippen molar-refractivity contribution in [1.82, 2.24) is 14.8 Å². The molecule has 0 N–H and O–H groups in total. The summed E-state index contributed by atoms with van der Waals surface area (Å²) in [5.74, 6) is -0.130. The van der Waals surface area contributed by atoms with E-state index in [-0.39, 0.29) is 17.1 Å². The Morgan fingerprint density at radius 2 is 1.57 bits per heavy atom. The fourth-order valence-corrected chi connectivity index (χ4v) is 4.43. The second-order valence-electron chi connectivity index (χ2n) is 7.18. The lowest BCUT2D eigenvalue weighted by atomic mass is 9.96. The zero-order valence-electron chi connectivity index (χ0n) is 16.1. The monoisotopic (exact) mass is 503 g/mol. The summed E-state index contributed by atoms with van der Waals surface area (Å²) in [4.78, 5) is 21.2. The van der Waals surface area contributed by atoms with Gasteiger partial charge < -0.3 is 4.90 Å². The van der Waals surface area contributed by atoms with Gasteiger partial charge in [-0.15, -0.1) is 0 Å². The molecule has 0 unspecified atom stereocenters. The molecule has 1 aliphatic rings. The summed E-state index contributed by atoms with van der Waals surface area (Å²) >= 11 is 15.7. The van der Waals surface area contributed by atoms with Crippen molar-refractivity contribution < 1.29 is 4.79 Å². The number of rotatable bonds is 4. The molecule has 0 spiro atoms. The van der Waals surface area contributed by atoms with Crippen molar-refractivity contribution in [1.29, 1.82) is 0 Å². The Balaban J connectivity index is 1.53. The lowest BCUT2D eigenvalue weighted by molar-refractivity contribution is 0.0597. The van der Waals surface area contributed by atoms with Gasteiger partial charge in [0.15, 0.2) is 0 Å². The molecule has 0 saturated carbocycles. The van der Waals surface area contributed by atoms with Crippen LogP contribution in [0.5, 0.6) is 0 Å². The second-order valence-corrected chi connectivity index (χ2v) is 8.89. The van der Waals surface area contributed by atoms with E-state index < -0.39 is 0 Å². The number of carbonyl (C=O) groups excluding carboxylic acids is 1. The van der Waals surface area contributed by atoms with E-state index in [1.807, 2.05) is 11.0 Å². The van der Waals surface area contributed by atoms with E-state index in [0.29, 0.717) is 23.7 Å². The summed E-state index contributed by atoms with van der Waals surface area (Å²) in [5, 5.41) is 0.588. The van der Waals surface area contributed by atoms with Crippen LogP contribution in [0.2, 0.25) is 10.2 Å². The summed E-state index contributed by atoms with van der Waals surface area (Å²) in [5.41, 5.74) is 2.82. The summed E-state index contributed by atoms with van der Waals surface area (Å²) in [7, 11) is 0. The Kier molecular flexibility index (Phi) is 6.74. The Morgan fingerprint density at radius 3 is 2.23 bits per heavy atom. The minimum absolute atomic E-state index is 0.130. The minimum Gasteiger partial charge on any atom is -0.336 e. The number of benzene rings is 2. The molecule has 1 fully saturated rings. The van der Waals surface area contributed by atoms with Gasteiger partial charge in [-0.1, -0.05) is 81.6 Å². The summed E-state index contributed by atoms with van der Waals surface area (Å²) in [6, 6.07) is 20.6. The third kappa shape index (κ3) is 4.70. The van der Waals surface area contributed by atoms with Gasteiger partial charge in [0.1, 0.15) is 5.15 Å². The lowest BCUT2D eigenvalue weighted by Crippen LogP contribution is -2.50. The average Bonchev–Trinajstić information content (AvgIpc) is 2.78. The second kappa shape index (κ2) is 9.48. The highest BCUT2D eigenvalue weighted by Gasteiger charge is 2.29. The molecule has 4 nitrogen and oxygen atoms in total. The molecule has 2 aromatic carbocycles. The maximum Gasteiger partial charge on any atom is 0.257 e. The van der Waals surface area contributed by atoms with Crippen molar-refractivity contribution in [3.63, 3.8) is 0 Å². The number of piperazine rings is 1. The van der Waals surface area contributed by atoms with E-state index in [9.17, 15) is 4.79 Å². The maximum atomic E-state index is 12.9. The Morgan fingerprint density at radius 1 is 0.933 bits per heavy atom. The SMILES string of the molecule is O=C(c1cc(Cl)cnc1Cl)N1CCN([C@H](c2ccccc2)c2ccc(Br)cc2)CC1. The molecule has 0 aliphatic carbocycles. The number of halogens is 3. The van der Waals surface area contributed by atoms with E-state index in [1.54, 1.807) is 6.07 Å². The molecule has 0 bridgehead atoms. The van der Waals surface area contributed by atoms with Crippen LogP contribution in [-0.4, -0.2) is 46.9 Å². The number of nitrogens with zero attached hydrogens (tertiary/aromatic N) is 3. The van der Waals surface area contributed by atoms with Crippen LogP contribution in [0.3, 0.4) is 0 Å². The van der Waals surface area contributed by atoms with Gasteiger partial charge in [0.2, 0.25) is 0 Å². The zero-order valence-corrected chi connectivity index (χ0v) is 19.2. The number of hydrogen-bond acceptors (Lipinski definition) is 3. The molecule has 4 rings (SSSR count). The van der Waals surface area contributed by atoms with Gasteiger partial charge >= 0.3 is 0 Å². The van der Waals surface area contributed by atoms with Crippen molar-refractivity contribution in [3.05, 3.63) is 98.2 Å². The molecule has 0 radical (unpaired) electrons. The molecule has 2 heterocycles. The number of carbonyl (C=O) groups is 1. The predicted octanol–water partition coefficient (Wildman–Crippen LogP) is 5.70. The van der Waals surface area contributed by atoms with Crippen molar-refractivity contribution in [2.75, 3.05) is 26.2 Å². The van der Waals surface area contributed by atoms with Crippen LogP contribution in [0.25, 0.3) is 0 Å². The van der Waals surface area contributed by atoms with Crippen molar-refractivity contribution in [3.8, 4) is 0 Å². The highest BCUT2D eigenvalue weighted by atomic mass is 79.9. The quantitative estimate of drug-likeness (QED) is 0.427. The summed E-state index contributed by atoms with van der Waals surface area (Å²) in [6.07, 6.45) is 1.45. The lowest BCUT2D eigenvalue weighted by Gasteiger charge is -2.40. The topological polar surface area (TPSA) is 36.4 Å². The molecule has 1 aliphatic heterocycles. The molecule has 1 saturated heterocycles. The van der Waals surface area contributed by atoms with Gasteiger partial charge in [0, 0.05) is 36.8 Å².